The number of hydrogen-bond acceptors (Lipinski definition) is 3. The van der Waals surface area contributed by atoms with Crippen LogP contribution in [0, 0.1) is 0 Å². The van der Waals surface area contributed by atoms with Crippen LogP contribution in [0.2, 0.25) is 0 Å². The van der Waals surface area contributed by atoms with Crippen LogP contribution < -0.4 is 5.56 Å². The Labute approximate surface area is 105 Å². The van der Waals surface area contributed by atoms with Crippen molar-refractivity contribution in [1.82, 2.24) is 19.7 Å². The fraction of sp³-hybridized carbons (Fsp3) is 0.462. The second-order valence-electron chi connectivity index (χ2n) is 4.81. The topological polar surface area (TPSA) is 63.6 Å². The molecule has 0 saturated heterocycles. The molecule has 2 heterocycles. The monoisotopic (exact) mass is 244 g/mol. The molecular weight excluding hydrogens is 228 g/mol. The highest BCUT2D eigenvalue weighted by Crippen LogP contribution is 2.38. The minimum Gasteiger partial charge on any atom is -0.306 e. The van der Waals surface area contributed by atoms with Crippen molar-refractivity contribution in [2.24, 2.45) is 7.05 Å². The summed E-state index contributed by atoms with van der Waals surface area (Å²) in [5.41, 5.74) is 2.74. The van der Waals surface area contributed by atoms with Crippen LogP contribution in [0.15, 0.2) is 17.1 Å². The van der Waals surface area contributed by atoms with Gasteiger partial charge in [-0.1, -0.05) is 6.92 Å². The van der Waals surface area contributed by atoms with Gasteiger partial charge in [0.1, 0.15) is 5.82 Å². The van der Waals surface area contributed by atoms with Crippen LogP contribution in [0.25, 0.3) is 11.4 Å². The molecule has 0 unspecified atom stereocenters. The standard InChI is InChI=1S/C13H16N4O/c1-3-10-9(7-17(2)16-10)13-14-11(8-4-5-8)6-12(18)15-13/h6-8H,3-5H2,1-2H3,(H,14,15,18). The summed E-state index contributed by atoms with van der Waals surface area (Å²) in [5, 5.41) is 4.38. The molecule has 94 valence electrons. The molecule has 1 aliphatic rings. The summed E-state index contributed by atoms with van der Waals surface area (Å²) in [7, 11) is 1.88. The molecule has 5 nitrogen and oxygen atoms in total. The fourth-order valence-electron chi connectivity index (χ4n) is 2.19. The zero-order valence-electron chi connectivity index (χ0n) is 10.6. The van der Waals surface area contributed by atoms with Gasteiger partial charge in [-0.05, 0) is 19.3 Å². The van der Waals surface area contributed by atoms with E-state index in [0.29, 0.717) is 11.7 Å². The summed E-state index contributed by atoms with van der Waals surface area (Å²) >= 11 is 0. The highest BCUT2D eigenvalue weighted by atomic mass is 16.1. The first kappa shape index (κ1) is 11.2. The van der Waals surface area contributed by atoms with E-state index in [1.165, 1.54) is 0 Å². The largest absolute Gasteiger partial charge is 0.306 e. The molecule has 0 bridgehead atoms. The molecule has 0 amide bonds. The molecule has 1 saturated carbocycles. The van der Waals surface area contributed by atoms with Gasteiger partial charge in [-0.2, -0.15) is 5.10 Å². The van der Waals surface area contributed by atoms with E-state index in [4.69, 9.17) is 0 Å². The van der Waals surface area contributed by atoms with Crippen molar-refractivity contribution in [3.63, 3.8) is 0 Å². The number of nitrogens with zero attached hydrogens (tertiary/aromatic N) is 3. The zero-order chi connectivity index (χ0) is 12.7. The predicted molar refractivity (Wildman–Crippen MR) is 68.4 cm³/mol. The first-order chi connectivity index (χ1) is 8.67. The summed E-state index contributed by atoms with van der Waals surface area (Å²) in [6.07, 6.45) is 5.02. The molecule has 1 aliphatic carbocycles. The van der Waals surface area contributed by atoms with Crippen LogP contribution in [-0.2, 0) is 13.5 Å². The van der Waals surface area contributed by atoms with Crippen molar-refractivity contribution < 1.29 is 0 Å². The quantitative estimate of drug-likeness (QED) is 0.892. The van der Waals surface area contributed by atoms with E-state index in [2.05, 4.69) is 22.0 Å². The smallest absolute Gasteiger partial charge is 0.251 e. The first-order valence-corrected chi connectivity index (χ1v) is 6.31. The molecule has 3 rings (SSSR count). The molecule has 0 radical (unpaired) electrons. The van der Waals surface area contributed by atoms with Crippen LogP contribution >= 0.6 is 0 Å². The lowest BCUT2D eigenvalue weighted by molar-refractivity contribution is 0.746. The Hall–Kier alpha value is -1.91. The second kappa shape index (κ2) is 4.08. The zero-order valence-corrected chi connectivity index (χ0v) is 10.6. The maximum absolute atomic E-state index is 11.7. The average Bonchev–Trinajstić information content (AvgIpc) is 3.11. The van der Waals surface area contributed by atoms with Crippen LogP contribution in [0.3, 0.4) is 0 Å². The third kappa shape index (κ3) is 1.96. The number of aryl methyl sites for hydroxylation is 2. The number of H-pyrrole nitrogens is 1. The lowest BCUT2D eigenvalue weighted by Crippen LogP contribution is -2.10. The van der Waals surface area contributed by atoms with Crippen molar-refractivity contribution >= 4 is 0 Å². The van der Waals surface area contributed by atoms with E-state index in [9.17, 15) is 4.79 Å². The van der Waals surface area contributed by atoms with Crippen LogP contribution in [-0.4, -0.2) is 19.7 Å². The van der Waals surface area contributed by atoms with Crippen molar-refractivity contribution in [2.45, 2.75) is 32.1 Å². The molecular formula is C13H16N4O. The third-order valence-electron chi connectivity index (χ3n) is 3.25. The maximum atomic E-state index is 11.7. The molecule has 2 aromatic rings. The number of rotatable bonds is 3. The van der Waals surface area contributed by atoms with Crippen LogP contribution in [0.4, 0.5) is 0 Å². The lowest BCUT2D eigenvalue weighted by Gasteiger charge is -2.02. The highest BCUT2D eigenvalue weighted by molar-refractivity contribution is 5.57. The van der Waals surface area contributed by atoms with Crippen molar-refractivity contribution in [3.05, 3.63) is 34.0 Å². The van der Waals surface area contributed by atoms with Crippen molar-refractivity contribution in [1.29, 1.82) is 0 Å². The molecule has 0 atom stereocenters. The number of aromatic nitrogens is 4. The molecule has 0 spiro atoms. The SMILES string of the molecule is CCc1nn(C)cc1-c1nc(C2CC2)cc(=O)[nH]1. The maximum Gasteiger partial charge on any atom is 0.251 e. The predicted octanol–water partition coefficient (Wildman–Crippen LogP) is 1.61. The summed E-state index contributed by atoms with van der Waals surface area (Å²) in [6.45, 7) is 2.05. The molecule has 1 N–H and O–H groups in total. The molecule has 0 aliphatic heterocycles. The second-order valence-corrected chi connectivity index (χ2v) is 4.81. The highest BCUT2D eigenvalue weighted by Gasteiger charge is 2.26. The average molecular weight is 244 g/mol. The Morgan fingerprint density at radius 3 is 2.94 bits per heavy atom. The van der Waals surface area contributed by atoms with Gasteiger partial charge in [0, 0.05) is 25.2 Å². The Morgan fingerprint density at radius 2 is 2.28 bits per heavy atom. The minimum absolute atomic E-state index is 0.0761. The van der Waals surface area contributed by atoms with Crippen LogP contribution in [0.5, 0.6) is 0 Å². The summed E-state index contributed by atoms with van der Waals surface area (Å²) in [5.74, 6) is 1.13. The van der Waals surface area contributed by atoms with E-state index in [1.807, 2.05) is 13.2 Å². The van der Waals surface area contributed by atoms with Crippen molar-refractivity contribution in [2.75, 3.05) is 0 Å². The number of hydrogen-bond donors (Lipinski definition) is 1. The van der Waals surface area contributed by atoms with Gasteiger partial charge in [-0.15, -0.1) is 0 Å². The van der Waals surface area contributed by atoms with E-state index in [0.717, 1.165) is 36.2 Å². The van der Waals surface area contributed by atoms with Crippen LogP contribution in [0.1, 0.15) is 37.1 Å². The lowest BCUT2D eigenvalue weighted by atomic mass is 10.2. The Morgan fingerprint density at radius 1 is 1.50 bits per heavy atom. The van der Waals surface area contributed by atoms with Gasteiger partial charge in [-0.3, -0.25) is 9.48 Å². The first-order valence-electron chi connectivity index (χ1n) is 6.31. The van der Waals surface area contributed by atoms with Gasteiger partial charge in [0.2, 0.25) is 0 Å². The summed E-state index contributed by atoms with van der Waals surface area (Å²) in [6, 6.07) is 1.61. The van der Waals surface area contributed by atoms with E-state index >= 15 is 0 Å². The summed E-state index contributed by atoms with van der Waals surface area (Å²) in [4.78, 5) is 19.1. The van der Waals surface area contributed by atoms with E-state index in [1.54, 1.807) is 10.7 Å². The molecule has 2 aromatic heterocycles. The Balaban J connectivity index is 2.12. The Kier molecular flexibility index (Phi) is 2.54. The van der Waals surface area contributed by atoms with Gasteiger partial charge in [0.25, 0.3) is 5.56 Å². The normalized spacial score (nSPS) is 15.0. The fourth-order valence-corrected chi connectivity index (χ4v) is 2.19. The third-order valence-corrected chi connectivity index (χ3v) is 3.25. The van der Waals surface area contributed by atoms with Gasteiger partial charge in [0.15, 0.2) is 0 Å². The van der Waals surface area contributed by atoms with E-state index in [-0.39, 0.29) is 5.56 Å². The van der Waals surface area contributed by atoms with Gasteiger partial charge >= 0.3 is 0 Å². The Bertz CT molecular complexity index is 637. The molecule has 18 heavy (non-hydrogen) atoms. The number of nitrogens with one attached hydrogen (secondary N) is 1. The van der Waals surface area contributed by atoms with Crippen molar-refractivity contribution in [3.8, 4) is 11.4 Å². The van der Waals surface area contributed by atoms with Gasteiger partial charge in [0.05, 0.1) is 17.0 Å². The molecule has 5 heteroatoms. The summed E-state index contributed by atoms with van der Waals surface area (Å²) < 4.78 is 1.76. The minimum atomic E-state index is -0.0761. The van der Waals surface area contributed by atoms with Gasteiger partial charge < -0.3 is 4.98 Å². The van der Waals surface area contributed by atoms with Gasteiger partial charge in [-0.25, -0.2) is 4.98 Å². The molecule has 1 fully saturated rings. The van der Waals surface area contributed by atoms with E-state index < -0.39 is 0 Å². The molecule has 0 aromatic carbocycles. The number of aromatic amines is 1.